The van der Waals surface area contributed by atoms with Gasteiger partial charge in [-0.25, -0.2) is 4.79 Å². The van der Waals surface area contributed by atoms with Crippen LogP contribution < -0.4 is 14.8 Å². The van der Waals surface area contributed by atoms with Gasteiger partial charge in [-0.05, 0) is 38.8 Å². The number of hydrogen-bond donors (Lipinski definition) is 1. The average Bonchev–Trinajstić information content (AvgIpc) is 2.53. The number of nitrogens with zero attached hydrogens (tertiary/aromatic N) is 1. The molecule has 1 aliphatic rings. The highest BCUT2D eigenvalue weighted by molar-refractivity contribution is 5.68. The Balaban J connectivity index is 2.05. The van der Waals surface area contributed by atoms with Crippen molar-refractivity contribution < 1.29 is 19.0 Å². The third-order valence-electron chi connectivity index (χ3n) is 3.86. The molecule has 2 rings (SSSR count). The monoisotopic (exact) mass is 336 g/mol. The van der Waals surface area contributed by atoms with Gasteiger partial charge >= 0.3 is 6.09 Å². The summed E-state index contributed by atoms with van der Waals surface area (Å²) in [5.74, 6) is 1.46. The maximum absolute atomic E-state index is 12.3. The summed E-state index contributed by atoms with van der Waals surface area (Å²) in [6.45, 7) is 7.65. The minimum atomic E-state index is -0.479. The molecule has 6 heteroatoms. The number of methoxy groups -OCH3 is 2. The van der Waals surface area contributed by atoms with Crippen molar-refractivity contribution >= 4 is 6.09 Å². The molecule has 0 saturated carbocycles. The van der Waals surface area contributed by atoms with Crippen LogP contribution in [-0.4, -0.2) is 56.5 Å². The predicted molar refractivity (Wildman–Crippen MR) is 92.8 cm³/mol. The van der Waals surface area contributed by atoms with Crippen LogP contribution in [0.4, 0.5) is 4.79 Å². The molecule has 0 aromatic heterocycles. The summed E-state index contributed by atoms with van der Waals surface area (Å²) >= 11 is 0. The van der Waals surface area contributed by atoms with Gasteiger partial charge in [0.1, 0.15) is 5.60 Å². The lowest BCUT2D eigenvalue weighted by atomic mass is 10.0. The van der Waals surface area contributed by atoms with Crippen molar-refractivity contribution in [3.8, 4) is 11.5 Å². The molecule has 1 aliphatic heterocycles. The van der Waals surface area contributed by atoms with E-state index in [1.165, 1.54) is 0 Å². The van der Waals surface area contributed by atoms with Crippen molar-refractivity contribution in [2.75, 3.05) is 33.9 Å². The second-order valence-corrected chi connectivity index (χ2v) is 6.93. The predicted octanol–water partition coefficient (Wildman–Crippen LogP) is 2.46. The van der Waals surface area contributed by atoms with Gasteiger partial charge in [0.15, 0.2) is 11.5 Å². The fourth-order valence-corrected chi connectivity index (χ4v) is 2.83. The quantitative estimate of drug-likeness (QED) is 0.915. The molecule has 0 unspecified atom stereocenters. The standard InChI is InChI=1S/C18H28N2O4/c1-18(2,3)24-17(21)20-10-9-19-14(12-20)11-13-7-6-8-15(22-4)16(13)23-5/h6-8,14,19H,9-12H2,1-5H3/t14-/m1/s1. The lowest BCUT2D eigenvalue weighted by molar-refractivity contribution is 0.0195. The van der Waals surface area contributed by atoms with E-state index in [9.17, 15) is 4.79 Å². The number of piperazine rings is 1. The second kappa shape index (κ2) is 7.75. The summed E-state index contributed by atoms with van der Waals surface area (Å²) in [5.41, 5.74) is 0.577. The third-order valence-corrected chi connectivity index (χ3v) is 3.86. The molecule has 134 valence electrons. The Hall–Kier alpha value is -1.95. The van der Waals surface area contributed by atoms with Crippen molar-refractivity contribution in [2.45, 2.75) is 38.8 Å². The van der Waals surface area contributed by atoms with Gasteiger partial charge in [-0.15, -0.1) is 0 Å². The van der Waals surface area contributed by atoms with Crippen molar-refractivity contribution in [3.63, 3.8) is 0 Å². The lowest BCUT2D eigenvalue weighted by Gasteiger charge is -2.35. The Morgan fingerprint density at radius 1 is 1.29 bits per heavy atom. The lowest BCUT2D eigenvalue weighted by Crippen LogP contribution is -2.54. The van der Waals surface area contributed by atoms with Crippen LogP contribution in [0.1, 0.15) is 26.3 Å². The Kier molecular flexibility index (Phi) is 5.94. The number of nitrogens with one attached hydrogen (secondary N) is 1. The Bertz CT molecular complexity index is 569. The van der Waals surface area contributed by atoms with Crippen molar-refractivity contribution in [1.29, 1.82) is 0 Å². The Morgan fingerprint density at radius 2 is 2.04 bits per heavy atom. The van der Waals surface area contributed by atoms with Crippen molar-refractivity contribution in [3.05, 3.63) is 23.8 Å². The molecule has 0 bridgehead atoms. The first-order valence-corrected chi connectivity index (χ1v) is 8.25. The van der Waals surface area contributed by atoms with Crippen LogP contribution in [0.3, 0.4) is 0 Å². The molecule has 1 fully saturated rings. The topological polar surface area (TPSA) is 60.0 Å². The maximum atomic E-state index is 12.3. The summed E-state index contributed by atoms with van der Waals surface area (Å²) in [7, 11) is 3.27. The van der Waals surface area contributed by atoms with Crippen LogP contribution in [0, 0.1) is 0 Å². The van der Waals surface area contributed by atoms with Gasteiger partial charge in [0.25, 0.3) is 0 Å². The summed E-state index contributed by atoms with van der Waals surface area (Å²) in [6, 6.07) is 6.00. The van der Waals surface area contributed by atoms with Crippen LogP contribution in [-0.2, 0) is 11.2 Å². The van der Waals surface area contributed by atoms with E-state index < -0.39 is 5.60 Å². The number of para-hydroxylation sites is 1. The van der Waals surface area contributed by atoms with Gasteiger partial charge in [-0.3, -0.25) is 0 Å². The molecular weight excluding hydrogens is 308 g/mol. The summed E-state index contributed by atoms with van der Waals surface area (Å²) in [6.07, 6.45) is 0.492. The first-order valence-electron chi connectivity index (χ1n) is 8.25. The van der Waals surface area contributed by atoms with Crippen LogP contribution in [0.2, 0.25) is 0 Å². The molecule has 0 aliphatic carbocycles. The normalized spacial score (nSPS) is 18.2. The highest BCUT2D eigenvalue weighted by Gasteiger charge is 2.28. The SMILES string of the molecule is COc1cccc(C[C@@H]2CN(C(=O)OC(C)(C)C)CCN2)c1OC. The van der Waals surface area contributed by atoms with Crippen LogP contribution in [0.25, 0.3) is 0 Å². The highest BCUT2D eigenvalue weighted by atomic mass is 16.6. The molecule has 1 saturated heterocycles. The zero-order valence-corrected chi connectivity index (χ0v) is 15.2. The van der Waals surface area contributed by atoms with E-state index >= 15 is 0 Å². The molecule has 24 heavy (non-hydrogen) atoms. The zero-order valence-electron chi connectivity index (χ0n) is 15.2. The number of benzene rings is 1. The number of carbonyl (C=O) groups excluding carboxylic acids is 1. The largest absolute Gasteiger partial charge is 0.493 e. The fraction of sp³-hybridized carbons (Fsp3) is 0.611. The molecule has 0 radical (unpaired) electrons. The van der Waals surface area contributed by atoms with E-state index in [0.29, 0.717) is 13.1 Å². The Labute approximate surface area is 144 Å². The van der Waals surface area contributed by atoms with Crippen molar-refractivity contribution in [1.82, 2.24) is 10.2 Å². The maximum Gasteiger partial charge on any atom is 0.410 e. The minimum absolute atomic E-state index is 0.146. The van der Waals surface area contributed by atoms with E-state index in [2.05, 4.69) is 5.32 Å². The number of carbonyl (C=O) groups is 1. The number of hydrogen-bond acceptors (Lipinski definition) is 5. The summed E-state index contributed by atoms with van der Waals surface area (Å²) in [5, 5.41) is 3.46. The van der Waals surface area contributed by atoms with Gasteiger partial charge in [-0.2, -0.15) is 0 Å². The molecular formula is C18H28N2O4. The molecule has 1 aromatic rings. The fourth-order valence-electron chi connectivity index (χ4n) is 2.83. The third kappa shape index (κ3) is 4.77. The van der Waals surface area contributed by atoms with Gasteiger partial charge in [-0.1, -0.05) is 12.1 Å². The van der Waals surface area contributed by atoms with E-state index in [-0.39, 0.29) is 12.1 Å². The van der Waals surface area contributed by atoms with Crippen LogP contribution in [0.5, 0.6) is 11.5 Å². The number of ether oxygens (including phenoxy) is 3. The molecule has 1 atom stereocenters. The van der Waals surface area contributed by atoms with Crippen LogP contribution >= 0.6 is 0 Å². The van der Waals surface area contributed by atoms with E-state index in [1.807, 2.05) is 39.0 Å². The molecule has 6 nitrogen and oxygen atoms in total. The first kappa shape index (κ1) is 18.4. The minimum Gasteiger partial charge on any atom is -0.493 e. The van der Waals surface area contributed by atoms with Gasteiger partial charge < -0.3 is 24.4 Å². The highest BCUT2D eigenvalue weighted by Crippen LogP contribution is 2.31. The zero-order chi connectivity index (χ0) is 17.7. The first-order chi connectivity index (χ1) is 11.3. The second-order valence-electron chi connectivity index (χ2n) is 6.93. The van der Waals surface area contributed by atoms with E-state index in [0.717, 1.165) is 30.0 Å². The van der Waals surface area contributed by atoms with Gasteiger partial charge in [0.2, 0.25) is 0 Å². The molecule has 1 aromatic carbocycles. The molecule has 0 spiro atoms. The average molecular weight is 336 g/mol. The smallest absolute Gasteiger partial charge is 0.410 e. The Morgan fingerprint density at radius 3 is 2.67 bits per heavy atom. The van der Waals surface area contributed by atoms with Crippen molar-refractivity contribution in [2.24, 2.45) is 0 Å². The molecule has 1 heterocycles. The summed E-state index contributed by atoms with van der Waals surface area (Å²) in [4.78, 5) is 14.0. The van der Waals surface area contributed by atoms with Crippen LogP contribution in [0.15, 0.2) is 18.2 Å². The summed E-state index contributed by atoms with van der Waals surface area (Å²) < 4.78 is 16.3. The van der Waals surface area contributed by atoms with Gasteiger partial charge in [0.05, 0.1) is 14.2 Å². The van der Waals surface area contributed by atoms with Gasteiger partial charge in [0, 0.05) is 25.7 Å². The number of rotatable bonds is 4. The molecule has 1 N–H and O–H groups in total. The van der Waals surface area contributed by atoms with E-state index in [1.54, 1.807) is 19.1 Å². The number of amides is 1. The molecule has 1 amide bonds. The van der Waals surface area contributed by atoms with E-state index in [4.69, 9.17) is 14.2 Å².